The minimum Gasteiger partial charge on any atom is -0.507 e. The van der Waals surface area contributed by atoms with Crippen LogP contribution in [-0.4, -0.2) is 46.8 Å². The molecule has 3 heterocycles. The van der Waals surface area contributed by atoms with Gasteiger partial charge < -0.3 is 24.1 Å². The summed E-state index contributed by atoms with van der Waals surface area (Å²) in [6.07, 6.45) is 0. The largest absolute Gasteiger partial charge is 0.507 e. The van der Waals surface area contributed by atoms with Crippen LogP contribution in [0.1, 0.15) is 35.2 Å². The van der Waals surface area contributed by atoms with Gasteiger partial charge in [0, 0.05) is 16.3 Å². The molecule has 0 aliphatic carbocycles. The Bertz CT molecular complexity index is 2090. The molecule has 7 rings (SSSR count). The lowest BCUT2D eigenvalue weighted by Gasteiger charge is -2.24. The predicted molar refractivity (Wildman–Crippen MR) is 192 cm³/mol. The highest BCUT2D eigenvalue weighted by Crippen LogP contribution is 2.46. The second kappa shape index (κ2) is 14.8. The Labute approximate surface area is 301 Å². The van der Waals surface area contributed by atoms with E-state index < -0.39 is 17.7 Å². The fraction of sp³-hybridized carbons (Fsp3) is 0.189. The van der Waals surface area contributed by atoms with Crippen LogP contribution in [0.15, 0.2) is 101 Å². The summed E-state index contributed by atoms with van der Waals surface area (Å²) in [5.74, 6) is 0.287. The fourth-order valence-electron chi connectivity index (χ4n) is 5.62. The normalized spacial score (nSPS) is 16.4. The van der Waals surface area contributed by atoms with Crippen LogP contribution in [0.3, 0.4) is 0 Å². The molecule has 13 heteroatoms. The van der Waals surface area contributed by atoms with Crippen LogP contribution >= 0.6 is 34.7 Å². The van der Waals surface area contributed by atoms with Crippen molar-refractivity contribution in [2.75, 3.05) is 24.7 Å². The maximum Gasteiger partial charge on any atom is 0.301 e. The van der Waals surface area contributed by atoms with Crippen LogP contribution in [0.25, 0.3) is 5.76 Å². The zero-order valence-corrected chi connectivity index (χ0v) is 29.1. The molecule has 1 saturated heterocycles. The quantitative estimate of drug-likeness (QED) is 0.0473. The zero-order valence-electron chi connectivity index (χ0n) is 26.7. The van der Waals surface area contributed by atoms with E-state index in [9.17, 15) is 14.7 Å². The molecule has 1 amide bonds. The molecule has 1 N–H and O–H groups in total. The topological polar surface area (TPSA) is 120 Å². The Kier molecular flexibility index (Phi) is 9.92. The van der Waals surface area contributed by atoms with Crippen molar-refractivity contribution < 1.29 is 33.6 Å². The molecule has 254 valence electrons. The van der Waals surface area contributed by atoms with Crippen molar-refractivity contribution in [1.29, 1.82) is 0 Å². The molecule has 0 radical (unpaired) electrons. The fourth-order valence-corrected chi connectivity index (χ4v) is 7.78. The van der Waals surface area contributed by atoms with E-state index in [0.717, 1.165) is 22.5 Å². The monoisotopic (exact) mass is 727 g/mol. The highest BCUT2D eigenvalue weighted by Gasteiger charge is 2.48. The van der Waals surface area contributed by atoms with Crippen molar-refractivity contribution in [3.63, 3.8) is 0 Å². The van der Waals surface area contributed by atoms with Gasteiger partial charge in [-0.1, -0.05) is 89.3 Å². The first-order valence-electron chi connectivity index (χ1n) is 15.8. The van der Waals surface area contributed by atoms with Gasteiger partial charge in [-0.3, -0.25) is 14.5 Å². The number of fused-ring (bicyclic) bond motifs is 1. The predicted octanol–water partition coefficient (Wildman–Crippen LogP) is 7.86. The van der Waals surface area contributed by atoms with E-state index >= 15 is 0 Å². The Morgan fingerprint density at radius 1 is 0.940 bits per heavy atom. The van der Waals surface area contributed by atoms with E-state index in [2.05, 4.69) is 10.2 Å². The van der Waals surface area contributed by atoms with E-state index in [0.29, 0.717) is 75.7 Å². The molecule has 0 unspecified atom stereocenters. The van der Waals surface area contributed by atoms with Crippen LogP contribution in [0.2, 0.25) is 5.02 Å². The van der Waals surface area contributed by atoms with E-state index in [1.807, 2.05) is 61.5 Å². The van der Waals surface area contributed by atoms with Crippen LogP contribution in [0.4, 0.5) is 5.13 Å². The van der Waals surface area contributed by atoms with Gasteiger partial charge in [-0.15, -0.1) is 10.2 Å². The van der Waals surface area contributed by atoms with Crippen molar-refractivity contribution >= 4 is 57.3 Å². The lowest BCUT2D eigenvalue weighted by Crippen LogP contribution is -2.29. The average Bonchev–Trinajstić information content (AvgIpc) is 3.72. The summed E-state index contributed by atoms with van der Waals surface area (Å²) in [7, 11) is 0. The summed E-state index contributed by atoms with van der Waals surface area (Å²) in [4.78, 5) is 29.0. The van der Waals surface area contributed by atoms with Crippen LogP contribution in [-0.2, 0) is 21.9 Å². The van der Waals surface area contributed by atoms with Gasteiger partial charge in [0.25, 0.3) is 5.78 Å². The van der Waals surface area contributed by atoms with E-state index in [4.69, 9.17) is 30.5 Å². The average molecular weight is 728 g/mol. The standard InChI is InChI=1S/C37H30ClN3O7S2/c1-2-45-29-18-23(12-14-28(29)48-20-22-8-4-3-5-9-22)32-31(33(42)24-13-15-27-30(19-24)47-17-16-46-27)34(43)35(44)41(32)36-39-40-37(50-36)49-21-25-10-6-7-11-26(25)38/h3-15,18-19,32,42H,2,16-17,20-21H2,1H3/b33-31+/t32-/m1/s1. The number of benzene rings is 4. The Balaban J connectivity index is 1.28. The number of Topliss-reactive ketones (excluding diaryl/α,β-unsaturated/α-hetero) is 1. The lowest BCUT2D eigenvalue weighted by atomic mass is 9.95. The summed E-state index contributed by atoms with van der Waals surface area (Å²) in [5, 5.41) is 21.2. The number of ether oxygens (including phenoxy) is 4. The third kappa shape index (κ3) is 6.87. The Hall–Kier alpha value is -5.04. The minimum atomic E-state index is -1.07. The molecule has 2 aliphatic heterocycles. The number of rotatable bonds is 11. The Morgan fingerprint density at radius 2 is 1.72 bits per heavy atom. The number of aliphatic hydroxyl groups excluding tert-OH is 1. The van der Waals surface area contributed by atoms with Crippen molar-refractivity contribution in [2.24, 2.45) is 0 Å². The smallest absolute Gasteiger partial charge is 0.301 e. The van der Waals surface area contributed by atoms with Gasteiger partial charge in [-0.05, 0) is 60.0 Å². The molecule has 2 aliphatic rings. The number of hydrogen-bond donors (Lipinski definition) is 1. The van der Waals surface area contributed by atoms with Crippen LogP contribution in [0, 0.1) is 0 Å². The Morgan fingerprint density at radius 3 is 2.52 bits per heavy atom. The van der Waals surface area contributed by atoms with Gasteiger partial charge in [-0.25, -0.2) is 0 Å². The number of aliphatic hydroxyl groups is 1. The summed E-state index contributed by atoms with van der Waals surface area (Å²) in [5.41, 5.74) is 2.57. The number of hydrogen-bond acceptors (Lipinski definition) is 11. The highest BCUT2D eigenvalue weighted by molar-refractivity contribution is 8.00. The SMILES string of the molecule is CCOc1cc([C@@H]2/C(=C(\O)c3ccc4c(c3)OCCO4)C(=O)C(=O)N2c2nnc(SCc3ccccc3Cl)s2)ccc1OCc1ccccc1. The maximum absolute atomic E-state index is 13.9. The van der Waals surface area contributed by atoms with Crippen molar-refractivity contribution in [3.8, 4) is 23.0 Å². The number of aromatic nitrogens is 2. The van der Waals surface area contributed by atoms with Gasteiger partial charge in [0.05, 0.1) is 18.2 Å². The minimum absolute atomic E-state index is 0.118. The number of anilines is 1. The first kappa shape index (κ1) is 33.5. The molecule has 1 aromatic heterocycles. The van der Waals surface area contributed by atoms with E-state index in [1.165, 1.54) is 16.7 Å². The molecule has 50 heavy (non-hydrogen) atoms. The molecule has 1 atom stereocenters. The summed E-state index contributed by atoms with van der Waals surface area (Å²) in [6.45, 7) is 3.24. The van der Waals surface area contributed by atoms with Crippen LogP contribution in [0.5, 0.6) is 23.0 Å². The molecule has 4 aromatic carbocycles. The molecule has 10 nitrogen and oxygen atoms in total. The third-order valence-corrected chi connectivity index (χ3v) is 10.5. The van der Waals surface area contributed by atoms with Crippen LogP contribution < -0.4 is 23.8 Å². The summed E-state index contributed by atoms with van der Waals surface area (Å²) < 4.78 is 24.1. The summed E-state index contributed by atoms with van der Waals surface area (Å²) >= 11 is 8.93. The molecule has 1 fully saturated rings. The number of nitrogens with zero attached hydrogens (tertiary/aromatic N) is 3. The van der Waals surface area contributed by atoms with E-state index in [-0.39, 0.29) is 16.5 Å². The number of amides is 1. The second-order valence-corrected chi connectivity index (χ2v) is 13.8. The molecule has 5 aromatic rings. The number of thioether (sulfide) groups is 1. The highest BCUT2D eigenvalue weighted by atomic mass is 35.5. The zero-order chi connectivity index (χ0) is 34.6. The second-order valence-electron chi connectivity index (χ2n) is 11.2. The maximum atomic E-state index is 13.9. The first-order chi connectivity index (χ1) is 24.4. The number of halogens is 1. The molecular weight excluding hydrogens is 698 g/mol. The number of carbonyl (C=O) groups is 2. The number of ketones is 1. The van der Waals surface area contributed by atoms with Crippen molar-refractivity contribution in [2.45, 2.75) is 29.7 Å². The first-order valence-corrected chi connectivity index (χ1v) is 17.9. The molecule has 0 saturated carbocycles. The van der Waals surface area contributed by atoms with Gasteiger partial charge in [0.2, 0.25) is 5.13 Å². The van der Waals surface area contributed by atoms with Gasteiger partial charge in [0.15, 0.2) is 27.3 Å². The van der Waals surface area contributed by atoms with Gasteiger partial charge in [-0.2, -0.15) is 0 Å². The third-order valence-electron chi connectivity index (χ3n) is 7.99. The number of carbonyl (C=O) groups excluding carboxylic acids is 2. The van der Waals surface area contributed by atoms with Crippen molar-refractivity contribution in [1.82, 2.24) is 10.2 Å². The summed E-state index contributed by atoms with van der Waals surface area (Å²) in [6, 6.07) is 26.2. The molecule has 0 spiro atoms. The van der Waals surface area contributed by atoms with Gasteiger partial charge in [0.1, 0.15) is 25.6 Å². The van der Waals surface area contributed by atoms with Gasteiger partial charge >= 0.3 is 5.91 Å². The molecule has 0 bridgehead atoms. The van der Waals surface area contributed by atoms with Crippen molar-refractivity contribution in [3.05, 3.63) is 124 Å². The van der Waals surface area contributed by atoms with E-state index in [1.54, 1.807) is 36.4 Å². The lowest BCUT2D eigenvalue weighted by molar-refractivity contribution is -0.132. The molecular formula is C37H30ClN3O7S2.